The Morgan fingerprint density at radius 2 is 0.912 bits per heavy atom. The zero-order chi connectivity index (χ0) is 37.6. The number of fused-ring (bicyclic) bond motifs is 12. The van der Waals surface area contributed by atoms with E-state index >= 15 is 0 Å². The van der Waals surface area contributed by atoms with Gasteiger partial charge in [-0.25, -0.2) is 4.98 Å². The van der Waals surface area contributed by atoms with E-state index in [4.69, 9.17) is 4.98 Å². The lowest BCUT2D eigenvalue weighted by Gasteiger charge is -2.20. The Kier molecular flexibility index (Phi) is 6.70. The van der Waals surface area contributed by atoms with E-state index in [0.717, 1.165) is 49.5 Å². The monoisotopic (exact) mass is 721 g/mol. The lowest BCUT2D eigenvalue weighted by atomic mass is 9.83. The van der Waals surface area contributed by atoms with Crippen LogP contribution in [0.5, 0.6) is 0 Å². The maximum Gasteiger partial charge on any atom is 0.146 e. The van der Waals surface area contributed by atoms with Gasteiger partial charge in [-0.15, -0.1) is 0 Å². The molecule has 0 aliphatic carbocycles. The average Bonchev–Trinajstić information content (AvgIpc) is 3.68. The zero-order valence-electron chi connectivity index (χ0n) is 30.7. The van der Waals surface area contributed by atoms with Crippen LogP contribution in [-0.2, 0) is 0 Å². The number of nitriles is 1. The number of pyridine rings is 1. The first-order valence-electron chi connectivity index (χ1n) is 19.4. The summed E-state index contributed by atoms with van der Waals surface area (Å²) in [7, 11) is 0. The van der Waals surface area contributed by atoms with E-state index in [2.05, 4.69) is 174 Å². The molecule has 0 unspecified atom stereocenters. The van der Waals surface area contributed by atoms with Crippen LogP contribution in [0.25, 0.3) is 115 Å². The number of para-hydroxylation sites is 2. The van der Waals surface area contributed by atoms with E-state index in [-0.39, 0.29) is 0 Å². The maximum absolute atomic E-state index is 9.92. The molecule has 2 aromatic heterocycles. The highest BCUT2D eigenvalue weighted by atomic mass is 15.0. The Labute approximate surface area is 327 Å². The second-order valence-corrected chi connectivity index (χ2v) is 15.0. The summed E-state index contributed by atoms with van der Waals surface area (Å²) in [5, 5.41) is 23.0. The zero-order valence-corrected chi connectivity index (χ0v) is 30.7. The first-order valence-corrected chi connectivity index (χ1v) is 19.4. The van der Waals surface area contributed by atoms with Crippen LogP contribution in [0.3, 0.4) is 0 Å². The van der Waals surface area contributed by atoms with Gasteiger partial charge in [-0.2, -0.15) is 5.26 Å². The van der Waals surface area contributed by atoms with E-state index in [0.29, 0.717) is 5.56 Å². The third-order valence-electron chi connectivity index (χ3n) is 12.0. The van der Waals surface area contributed by atoms with Gasteiger partial charge in [0.2, 0.25) is 0 Å². The summed E-state index contributed by atoms with van der Waals surface area (Å²) in [6.45, 7) is 0. The first kappa shape index (κ1) is 31.5. The molecule has 0 saturated heterocycles. The molecule has 57 heavy (non-hydrogen) atoms. The highest BCUT2D eigenvalue weighted by Crippen LogP contribution is 2.48. The maximum atomic E-state index is 9.92. The topological polar surface area (TPSA) is 41.1 Å². The molecule has 0 spiro atoms. The largest absolute Gasteiger partial charge is 0.292 e. The first-order chi connectivity index (χ1) is 28.2. The van der Waals surface area contributed by atoms with Gasteiger partial charge in [0, 0.05) is 10.8 Å². The Hall–Kier alpha value is -7.80. The van der Waals surface area contributed by atoms with E-state index in [9.17, 15) is 5.26 Å². The van der Waals surface area contributed by atoms with Crippen molar-refractivity contribution in [2.24, 2.45) is 0 Å². The van der Waals surface area contributed by atoms with Gasteiger partial charge >= 0.3 is 0 Å². The third kappa shape index (κ3) is 4.62. The van der Waals surface area contributed by atoms with Crippen LogP contribution in [0.1, 0.15) is 5.56 Å². The summed E-state index contributed by atoms with van der Waals surface area (Å²) in [6.07, 6.45) is 0. The van der Waals surface area contributed by atoms with Crippen molar-refractivity contribution < 1.29 is 0 Å². The number of hydrogen-bond donors (Lipinski definition) is 0. The van der Waals surface area contributed by atoms with Crippen molar-refractivity contribution in [3.8, 4) is 39.4 Å². The van der Waals surface area contributed by atoms with Crippen molar-refractivity contribution in [1.29, 1.82) is 5.26 Å². The third-order valence-corrected chi connectivity index (χ3v) is 12.0. The number of rotatable bonds is 3. The summed E-state index contributed by atoms with van der Waals surface area (Å²) >= 11 is 0. The summed E-state index contributed by atoms with van der Waals surface area (Å²) in [4.78, 5) is 5.13. The summed E-state index contributed by atoms with van der Waals surface area (Å²) in [5.41, 5.74) is 11.7. The van der Waals surface area contributed by atoms with Crippen LogP contribution in [0.15, 0.2) is 188 Å². The van der Waals surface area contributed by atoms with Crippen LogP contribution in [0.4, 0.5) is 0 Å². The SMILES string of the molecule is N#Cc1ccc2c3cc(-c4ccc5c(-c6cccc7ccccc67)c6ccccc6c(-c6cccc7ccccc67)c5c4)ccc3c3nc4ccccc4n3c2c1. The van der Waals surface area contributed by atoms with E-state index in [1.54, 1.807) is 0 Å². The van der Waals surface area contributed by atoms with Gasteiger partial charge in [-0.05, 0) is 124 Å². The van der Waals surface area contributed by atoms with Gasteiger partial charge in [0.25, 0.3) is 0 Å². The van der Waals surface area contributed by atoms with Crippen LogP contribution in [0.2, 0.25) is 0 Å². The molecule has 0 N–H and O–H groups in total. The quantitative estimate of drug-likeness (QED) is 0.135. The second kappa shape index (κ2) is 12.1. The molecule has 0 amide bonds. The predicted octanol–water partition coefficient (Wildman–Crippen LogP) is 14.3. The number of nitrogens with zero attached hydrogens (tertiary/aromatic N) is 3. The summed E-state index contributed by atoms with van der Waals surface area (Å²) in [5.74, 6) is 0. The van der Waals surface area contributed by atoms with Crippen molar-refractivity contribution in [2.45, 2.75) is 0 Å². The molecular formula is C54H31N3. The number of benzene rings is 10. The molecule has 262 valence electrons. The van der Waals surface area contributed by atoms with Crippen molar-refractivity contribution >= 4 is 81.4 Å². The van der Waals surface area contributed by atoms with Crippen LogP contribution >= 0.6 is 0 Å². The van der Waals surface area contributed by atoms with Crippen LogP contribution in [0, 0.1) is 11.3 Å². The summed E-state index contributed by atoms with van der Waals surface area (Å²) < 4.78 is 2.21. The average molecular weight is 722 g/mol. The molecule has 12 aromatic rings. The minimum Gasteiger partial charge on any atom is -0.292 e. The minimum atomic E-state index is 0.627. The Morgan fingerprint density at radius 1 is 0.386 bits per heavy atom. The molecule has 0 radical (unpaired) electrons. The standard InChI is InChI=1S/C54H31N3/c55-32-33-23-26-40-47-30-36(25-28-46(47)54-56-49-21-7-8-22-50(49)57(54)51(40)29-33)37-24-27-45-48(31-37)53(42-20-10-14-35-12-2-4-16-39(35)42)44-18-6-5-17-43(44)52(45)41-19-9-13-34-11-1-3-15-38(34)41/h1-31H. The highest BCUT2D eigenvalue weighted by molar-refractivity contribution is 6.26. The van der Waals surface area contributed by atoms with Gasteiger partial charge in [0.1, 0.15) is 5.65 Å². The van der Waals surface area contributed by atoms with Crippen molar-refractivity contribution in [1.82, 2.24) is 9.38 Å². The van der Waals surface area contributed by atoms with E-state index < -0.39 is 0 Å². The van der Waals surface area contributed by atoms with Gasteiger partial charge in [-0.3, -0.25) is 4.40 Å². The van der Waals surface area contributed by atoms with E-state index in [1.807, 2.05) is 24.3 Å². The number of aromatic nitrogens is 2. The lowest BCUT2D eigenvalue weighted by Crippen LogP contribution is -1.94. The van der Waals surface area contributed by atoms with Crippen molar-refractivity contribution in [3.05, 3.63) is 194 Å². The lowest BCUT2D eigenvalue weighted by molar-refractivity contribution is 1.31. The molecule has 0 atom stereocenters. The molecule has 0 fully saturated rings. The molecule has 0 aliphatic heterocycles. The fourth-order valence-corrected chi connectivity index (χ4v) is 9.43. The Balaban J connectivity index is 1.19. The normalized spacial score (nSPS) is 11.8. The molecule has 3 nitrogen and oxygen atoms in total. The molecule has 0 bridgehead atoms. The predicted molar refractivity (Wildman–Crippen MR) is 239 cm³/mol. The van der Waals surface area contributed by atoms with Crippen molar-refractivity contribution in [3.63, 3.8) is 0 Å². The highest BCUT2D eigenvalue weighted by Gasteiger charge is 2.21. The summed E-state index contributed by atoms with van der Waals surface area (Å²) in [6, 6.07) is 70.1. The fraction of sp³-hybridized carbons (Fsp3) is 0. The second-order valence-electron chi connectivity index (χ2n) is 15.0. The Bertz CT molecular complexity index is 3700. The molecule has 12 rings (SSSR count). The molecular weight excluding hydrogens is 691 g/mol. The van der Waals surface area contributed by atoms with Crippen molar-refractivity contribution in [2.75, 3.05) is 0 Å². The molecule has 0 aliphatic rings. The fourth-order valence-electron chi connectivity index (χ4n) is 9.43. The minimum absolute atomic E-state index is 0.627. The van der Waals surface area contributed by atoms with Gasteiger partial charge in [0.05, 0.1) is 28.2 Å². The smallest absolute Gasteiger partial charge is 0.146 e. The van der Waals surface area contributed by atoms with Gasteiger partial charge in [0.15, 0.2) is 0 Å². The number of hydrogen-bond acceptors (Lipinski definition) is 2. The molecule has 10 aromatic carbocycles. The molecule has 2 heterocycles. The van der Waals surface area contributed by atoms with Crippen LogP contribution < -0.4 is 0 Å². The van der Waals surface area contributed by atoms with Crippen LogP contribution in [-0.4, -0.2) is 9.38 Å². The number of imidazole rings is 1. The van der Waals surface area contributed by atoms with Gasteiger partial charge < -0.3 is 0 Å². The van der Waals surface area contributed by atoms with E-state index in [1.165, 1.54) is 65.3 Å². The molecule has 0 saturated carbocycles. The Morgan fingerprint density at radius 3 is 1.60 bits per heavy atom. The molecule has 3 heteroatoms. The van der Waals surface area contributed by atoms with Gasteiger partial charge in [-0.1, -0.05) is 146 Å².